The zero-order chi connectivity index (χ0) is 19.2. The van der Waals surface area contributed by atoms with Crippen LogP contribution in [0.3, 0.4) is 0 Å². The molecular formula is C21H21F2N3O. The van der Waals surface area contributed by atoms with Gasteiger partial charge in [0.25, 0.3) is 0 Å². The van der Waals surface area contributed by atoms with Gasteiger partial charge in [-0.2, -0.15) is 8.78 Å². The summed E-state index contributed by atoms with van der Waals surface area (Å²) in [5.74, 6) is 0.133. The van der Waals surface area contributed by atoms with Crippen molar-refractivity contribution in [2.24, 2.45) is 10.7 Å². The zero-order valence-electron chi connectivity index (χ0n) is 15.0. The van der Waals surface area contributed by atoms with Crippen LogP contribution in [0.15, 0.2) is 71.0 Å². The summed E-state index contributed by atoms with van der Waals surface area (Å²) >= 11 is 0. The summed E-state index contributed by atoms with van der Waals surface area (Å²) in [6.07, 6.45) is 8.04. The fourth-order valence-electron chi connectivity index (χ4n) is 2.97. The normalized spacial score (nSPS) is 16.0. The van der Waals surface area contributed by atoms with Crippen molar-refractivity contribution in [3.05, 3.63) is 77.3 Å². The van der Waals surface area contributed by atoms with E-state index >= 15 is 0 Å². The second kappa shape index (κ2) is 8.60. The minimum atomic E-state index is -2.86. The quantitative estimate of drug-likeness (QED) is 0.737. The van der Waals surface area contributed by atoms with Crippen molar-refractivity contribution in [2.45, 2.75) is 20.0 Å². The number of nitrogens with one attached hydrogen (secondary N) is 1. The second-order valence-corrected chi connectivity index (χ2v) is 6.06. The third-order valence-corrected chi connectivity index (χ3v) is 4.15. The van der Waals surface area contributed by atoms with Crippen molar-refractivity contribution in [3.8, 4) is 5.75 Å². The van der Waals surface area contributed by atoms with Gasteiger partial charge in [0.15, 0.2) is 0 Å². The number of nitrogens with two attached hydrogens (primary N) is 1. The largest absolute Gasteiger partial charge is 0.434 e. The van der Waals surface area contributed by atoms with E-state index < -0.39 is 6.61 Å². The summed E-state index contributed by atoms with van der Waals surface area (Å²) in [6.45, 7) is -0.350. The Morgan fingerprint density at radius 2 is 2.04 bits per heavy atom. The predicted molar refractivity (Wildman–Crippen MR) is 105 cm³/mol. The van der Waals surface area contributed by atoms with Crippen LogP contribution in [0.2, 0.25) is 0 Å². The van der Waals surface area contributed by atoms with E-state index in [9.17, 15) is 8.78 Å². The minimum absolute atomic E-state index is 0.133. The highest BCUT2D eigenvalue weighted by atomic mass is 19.3. The molecule has 1 aliphatic heterocycles. The molecule has 0 saturated carbocycles. The smallest absolute Gasteiger partial charge is 0.387 e. The molecule has 3 N–H and O–H groups in total. The number of alkyl halides is 2. The Labute approximate surface area is 156 Å². The molecule has 0 spiro atoms. The number of aliphatic imine (C=N–C) groups is 1. The number of benzene rings is 1. The van der Waals surface area contributed by atoms with Crippen molar-refractivity contribution >= 4 is 17.4 Å². The molecule has 140 valence electrons. The Morgan fingerprint density at radius 1 is 1.22 bits per heavy atom. The summed E-state index contributed by atoms with van der Waals surface area (Å²) in [7, 11) is 0. The molecule has 0 amide bonds. The van der Waals surface area contributed by atoms with Gasteiger partial charge >= 0.3 is 6.61 Å². The number of allylic oxidation sites excluding steroid dienone is 3. The van der Waals surface area contributed by atoms with Gasteiger partial charge in [-0.05, 0) is 61.9 Å². The third kappa shape index (κ3) is 4.60. The maximum absolute atomic E-state index is 12.5. The molecule has 3 rings (SSSR count). The molecule has 2 aromatic rings. The monoisotopic (exact) mass is 369 g/mol. The van der Waals surface area contributed by atoms with Crippen LogP contribution in [-0.2, 0) is 0 Å². The molecule has 0 saturated heterocycles. The number of hydrogen-bond donors (Lipinski definition) is 2. The molecule has 2 heterocycles. The molecule has 0 aliphatic carbocycles. The van der Waals surface area contributed by atoms with E-state index in [0.717, 1.165) is 28.2 Å². The van der Waals surface area contributed by atoms with Crippen LogP contribution in [0.1, 0.15) is 24.6 Å². The van der Waals surface area contributed by atoms with Crippen LogP contribution in [-0.4, -0.2) is 23.9 Å². The Kier molecular flexibility index (Phi) is 5.98. The Bertz CT molecular complexity index is 909. The molecule has 1 aliphatic rings. The van der Waals surface area contributed by atoms with Crippen LogP contribution in [0, 0.1) is 0 Å². The highest BCUT2D eigenvalue weighted by Gasteiger charge is 2.16. The number of aromatic amines is 1. The maximum atomic E-state index is 12.5. The molecule has 27 heavy (non-hydrogen) atoms. The van der Waals surface area contributed by atoms with E-state index in [4.69, 9.17) is 10.7 Å². The number of nitrogens with zero attached hydrogens (tertiary/aromatic N) is 1. The second-order valence-electron chi connectivity index (χ2n) is 6.06. The SMILES string of the molecule is CC1=CC(/C=C/c2ccccc2OC(F)F)=NC/1=C(/CCN)c1ccc[nH]1. The molecular weight excluding hydrogens is 348 g/mol. The van der Waals surface area contributed by atoms with Gasteiger partial charge in [0, 0.05) is 23.0 Å². The number of rotatable bonds is 7. The van der Waals surface area contributed by atoms with Gasteiger partial charge in [0.2, 0.25) is 0 Å². The molecule has 0 bridgehead atoms. The summed E-state index contributed by atoms with van der Waals surface area (Å²) in [5, 5.41) is 0. The van der Waals surface area contributed by atoms with Gasteiger partial charge in [-0.3, -0.25) is 0 Å². The molecule has 1 aromatic carbocycles. The van der Waals surface area contributed by atoms with Crippen molar-refractivity contribution in [2.75, 3.05) is 6.54 Å². The lowest BCUT2D eigenvalue weighted by molar-refractivity contribution is -0.0499. The molecule has 6 heteroatoms. The lowest BCUT2D eigenvalue weighted by Gasteiger charge is -2.08. The van der Waals surface area contributed by atoms with Gasteiger partial charge in [-0.15, -0.1) is 0 Å². The van der Waals surface area contributed by atoms with Gasteiger partial charge in [-0.25, -0.2) is 4.99 Å². The Hall–Kier alpha value is -2.99. The van der Waals surface area contributed by atoms with Crippen molar-refractivity contribution in [1.82, 2.24) is 4.98 Å². The van der Waals surface area contributed by atoms with Crippen LogP contribution >= 0.6 is 0 Å². The lowest BCUT2D eigenvalue weighted by Crippen LogP contribution is -2.03. The van der Waals surface area contributed by atoms with Crippen LogP contribution in [0.5, 0.6) is 5.75 Å². The van der Waals surface area contributed by atoms with Crippen molar-refractivity contribution < 1.29 is 13.5 Å². The van der Waals surface area contributed by atoms with Crippen LogP contribution in [0.4, 0.5) is 8.78 Å². The summed E-state index contributed by atoms with van der Waals surface area (Å²) in [4.78, 5) is 7.90. The number of H-pyrrole nitrogens is 1. The van der Waals surface area contributed by atoms with Crippen molar-refractivity contribution in [1.29, 1.82) is 0 Å². The van der Waals surface area contributed by atoms with Crippen LogP contribution < -0.4 is 10.5 Å². The maximum Gasteiger partial charge on any atom is 0.387 e. The highest BCUT2D eigenvalue weighted by Crippen LogP contribution is 2.30. The number of ether oxygens (including phenoxy) is 1. The Morgan fingerprint density at radius 3 is 2.74 bits per heavy atom. The number of hydrogen-bond acceptors (Lipinski definition) is 3. The summed E-state index contributed by atoms with van der Waals surface area (Å²) in [5.41, 5.74) is 11.1. The first-order valence-corrected chi connectivity index (χ1v) is 8.64. The molecule has 0 fully saturated rings. The molecule has 1 aromatic heterocycles. The molecule has 4 nitrogen and oxygen atoms in total. The average molecular weight is 369 g/mol. The molecule has 0 radical (unpaired) electrons. The number of para-hydroxylation sites is 1. The van der Waals surface area contributed by atoms with Gasteiger partial charge < -0.3 is 15.5 Å². The molecule has 0 unspecified atom stereocenters. The van der Waals surface area contributed by atoms with Crippen LogP contribution in [0.25, 0.3) is 11.6 Å². The van der Waals surface area contributed by atoms with E-state index in [-0.39, 0.29) is 5.75 Å². The minimum Gasteiger partial charge on any atom is -0.434 e. The van der Waals surface area contributed by atoms with Gasteiger partial charge in [0.05, 0.1) is 11.4 Å². The van der Waals surface area contributed by atoms with Gasteiger partial charge in [-0.1, -0.05) is 18.2 Å². The number of halogens is 2. The standard InChI is InChI=1S/C21H21F2N3O/c1-14-13-16(9-8-15-5-2-3-7-19(15)27-21(22)23)26-20(14)17(10-11-24)18-6-4-12-25-18/h2-9,12-13,21,25H,10-11,24H2,1H3/b9-8+,20-17-. The fraction of sp³-hybridized carbons (Fsp3) is 0.190. The predicted octanol–water partition coefficient (Wildman–Crippen LogP) is 4.79. The summed E-state index contributed by atoms with van der Waals surface area (Å²) < 4.78 is 29.6. The van der Waals surface area contributed by atoms with E-state index in [2.05, 4.69) is 9.72 Å². The number of aromatic nitrogens is 1. The van der Waals surface area contributed by atoms with E-state index in [1.165, 1.54) is 6.07 Å². The first kappa shape index (κ1) is 18.8. The topological polar surface area (TPSA) is 63.4 Å². The Balaban J connectivity index is 1.90. The lowest BCUT2D eigenvalue weighted by atomic mass is 10.0. The van der Waals surface area contributed by atoms with E-state index in [1.54, 1.807) is 30.4 Å². The van der Waals surface area contributed by atoms with E-state index in [1.807, 2.05) is 31.3 Å². The molecule has 0 atom stereocenters. The van der Waals surface area contributed by atoms with E-state index in [0.29, 0.717) is 18.5 Å². The summed E-state index contributed by atoms with van der Waals surface area (Å²) in [6, 6.07) is 10.6. The third-order valence-electron chi connectivity index (χ3n) is 4.15. The fourth-order valence-corrected chi connectivity index (χ4v) is 2.97. The average Bonchev–Trinajstić information content (AvgIpc) is 3.28. The van der Waals surface area contributed by atoms with Crippen molar-refractivity contribution in [3.63, 3.8) is 0 Å². The zero-order valence-corrected chi connectivity index (χ0v) is 15.0. The highest BCUT2D eigenvalue weighted by molar-refractivity contribution is 6.10. The first-order valence-electron chi connectivity index (χ1n) is 8.64. The van der Waals surface area contributed by atoms with Gasteiger partial charge in [0.1, 0.15) is 5.75 Å². The first-order chi connectivity index (χ1) is 13.1.